The van der Waals surface area contributed by atoms with Crippen molar-refractivity contribution in [1.29, 1.82) is 0 Å². The number of benzene rings is 2. The molecule has 1 heterocycles. The molecule has 0 aromatic heterocycles. The van der Waals surface area contributed by atoms with Crippen LogP contribution in [0.15, 0.2) is 54.6 Å². The van der Waals surface area contributed by atoms with Crippen LogP contribution in [0.2, 0.25) is 0 Å². The summed E-state index contributed by atoms with van der Waals surface area (Å²) in [4.78, 5) is 30.4. The first-order chi connectivity index (χ1) is 14.4. The molecule has 2 aromatic carbocycles. The zero-order chi connectivity index (χ0) is 21.5. The summed E-state index contributed by atoms with van der Waals surface area (Å²) < 4.78 is 5.92. The Morgan fingerprint density at radius 1 is 0.933 bits per heavy atom. The molecule has 0 aliphatic carbocycles. The van der Waals surface area contributed by atoms with E-state index in [1.807, 2.05) is 47.4 Å². The van der Waals surface area contributed by atoms with Crippen LogP contribution in [0.1, 0.15) is 13.3 Å². The van der Waals surface area contributed by atoms with Gasteiger partial charge in [-0.2, -0.15) is 0 Å². The highest BCUT2D eigenvalue weighted by atomic mass is 16.5. The molecular weight excluding hydrogens is 378 g/mol. The molecule has 160 valence electrons. The molecular formula is C24H31N3O3. The molecule has 0 saturated carbocycles. The maximum atomic E-state index is 12.9. The lowest BCUT2D eigenvalue weighted by atomic mass is 10.1. The van der Waals surface area contributed by atoms with Gasteiger partial charge in [-0.15, -0.1) is 0 Å². The first kappa shape index (κ1) is 21.8. The number of rotatable bonds is 6. The first-order valence-corrected chi connectivity index (χ1v) is 10.5. The van der Waals surface area contributed by atoms with Crippen molar-refractivity contribution in [2.45, 2.75) is 19.4 Å². The largest absolute Gasteiger partial charge is 0.481 e. The van der Waals surface area contributed by atoms with E-state index in [-0.39, 0.29) is 11.8 Å². The molecule has 2 amide bonds. The van der Waals surface area contributed by atoms with Gasteiger partial charge in [0.1, 0.15) is 5.75 Å². The highest BCUT2D eigenvalue weighted by molar-refractivity contribution is 5.81. The summed E-state index contributed by atoms with van der Waals surface area (Å²) in [5.41, 5.74) is 2.26. The summed E-state index contributed by atoms with van der Waals surface area (Å²) in [6.07, 6.45) is 0.299. The zero-order valence-corrected chi connectivity index (χ0v) is 18.1. The van der Waals surface area contributed by atoms with Crippen LogP contribution in [-0.4, -0.2) is 79.4 Å². The molecule has 1 fully saturated rings. The molecule has 0 N–H and O–H groups in total. The fourth-order valence-corrected chi connectivity index (χ4v) is 3.55. The number of likely N-dealkylation sites (N-methyl/N-ethyl adjacent to an activating group) is 1. The Balaban J connectivity index is 1.53. The minimum absolute atomic E-state index is 0.0112. The van der Waals surface area contributed by atoms with Gasteiger partial charge >= 0.3 is 0 Å². The third kappa shape index (κ3) is 5.83. The highest BCUT2D eigenvalue weighted by Gasteiger charge is 2.25. The molecule has 1 aliphatic heterocycles. The summed E-state index contributed by atoms with van der Waals surface area (Å²) in [5.74, 6) is 0.761. The van der Waals surface area contributed by atoms with Gasteiger partial charge < -0.3 is 14.5 Å². The maximum Gasteiger partial charge on any atom is 0.263 e. The molecule has 6 heteroatoms. The predicted octanol–water partition coefficient (Wildman–Crippen LogP) is 2.74. The summed E-state index contributed by atoms with van der Waals surface area (Å²) in [5, 5.41) is 0. The SMILES string of the molecule is CC(Oc1ccc(-c2ccccc2)cc1)C(=O)N1CCCN(CC(=O)N(C)C)CC1. The van der Waals surface area contributed by atoms with Gasteiger partial charge in [0, 0.05) is 40.3 Å². The Labute approximate surface area is 179 Å². The van der Waals surface area contributed by atoms with Crippen molar-refractivity contribution in [1.82, 2.24) is 14.7 Å². The number of ether oxygens (including phenoxy) is 1. The second kappa shape index (κ2) is 10.3. The molecule has 6 nitrogen and oxygen atoms in total. The topological polar surface area (TPSA) is 53.1 Å². The standard InChI is InChI=1S/C24H31N3O3/c1-19(30-22-12-10-21(11-13-22)20-8-5-4-6-9-20)24(29)27-15-7-14-26(16-17-27)18-23(28)25(2)3/h4-6,8-13,19H,7,14-18H2,1-3H3. The van der Waals surface area contributed by atoms with Crippen LogP contribution in [0, 0.1) is 0 Å². The van der Waals surface area contributed by atoms with Crippen molar-refractivity contribution in [2.24, 2.45) is 0 Å². The monoisotopic (exact) mass is 409 g/mol. The van der Waals surface area contributed by atoms with Gasteiger partial charge in [-0.1, -0.05) is 42.5 Å². The first-order valence-electron chi connectivity index (χ1n) is 10.5. The van der Waals surface area contributed by atoms with E-state index < -0.39 is 6.10 Å². The Hall–Kier alpha value is -2.86. The van der Waals surface area contributed by atoms with Crippen LogP contribution < -0.4 is 4.74 Å². The average molecular weight is 410 g/mol. The lowest BCUT2D eigenvalue weighted by molar-refractivity contribution is -0.137. The van der Waals surface area contributed by atoms with Crippen molar-refractivity contribution >= 4 is 11.8 Å². The minimum atomic E-state index is -0.553. The van der Waals surface area contributed by atoms with Crippen molar-refractivity contribution < 1.29 is 14.3 Å². The maximum absolute atomic E-state index is 12.9. The van der Waals surface area contributed by atoms with E-state index in [4.69, 9.17) is 4.74 Å². The van der Waals surface area contributed by atoms with Crippen molar-refractivity contribution in [3.63, 3.8) is 0 Å². The average Bonchev–Trinajstić information content (AvgIpc) is 2.99. The van der Waals surface area contributed by atoms with E-state index in [9.17, 15) is 9.59 Å². The molecule has 1 atom stereocenters. The third-order valence-corrected chi connectivity index (χ3v) is 5.38. The van der Waals surface area contributed by atoms with Gasteiger partial charge in [0.2, 0.25) is 5.91 Å². The number of nitrogens with zero attached hydrogens (tertiary/aromatic N) is 3. The van der Waals surface area contributed by atoms with Gasteiger partial charge in [0.25, 0.3) is 5.91 Å². The van der Waals surface area contributed by atoms with Crippen molar-refractivity contribution in [3.05, 3.63) is 54.6 Å². The number of amides is 2. The number of hydrogen-bond acceptors (Lipinski definition) is 4. The molecule has 3 rings (SSSR count). The second-order valence-electron chi connectivity index (χ2n) is 7.89. The predicted molar refractivity (Wildman–Crippen MR) is 118 cm³/mol. The van der Waals surface area contributed by atoms with E-state index >= 15 is 0 Å². The van der Waals surface area contributed by atoms with Crippen LogP contribution in [0.3, 0.4) is 0 Å². The van der Waals surface area contributed by atoms with Crippen molar-refractivity contribution in [3.8, 4) is 16.9 Å². The van der Waals surface area contributed by atoms with E-state index in [1.165, 1.54) is 0 Å². The smallest absolute Gasteiger partial charge is 0.263 e. The summed E-state index contributed by atoms with van der Waals surface area (Å²) >= 11 is 0. The summed E-state index contributed by atoms with van der Waals surface area (Å²) in [7, 11) is 3.53. The Morgan fingerprint density at radius 2 is 1.60 bits per heavy atom. The van der Waals surface area contributed by atoms with E-state index in [0.717, 1.165) is 24.1 Å². The van der Waals surface area contributed by atoms with Crippen LogP contribution in [0.4, 0.5) is 0 Å². The summed E-state index contributed by atoms with van der Waals surface area (Å²) in [6, 6.07) is 18.0. The quantitative estimate of drug-likeness (QED) is 0.736. The molecule has 2 aromatic rings. The van der Waals surface area contributed by atoms with Crippen LogP contribution in [0.5, 0.6) is 5.75 Å². The van der Waals surface area contributed by atoms with Gasteiger partial charge in [-0.25, -0.2) is 0 Å². The Bertz CT molecular complexity index is 837. The van der Waals surface area contributed by atoms with Gasteiger partial charge in [0.05, 0.1) is 6.54 Å². The van der Waals surface area contributed by atoms with Gasteiger partial charge in [-0.3, -0.25) is 14.5 Å². The zero-order valence-electron chi connectivity index (χ0n) is 18.1. The van der Waals surface area contributed by atoms with Gasteiger partial charge in [0.15, 0.2) is 6.10 Å². The fourth-order valence-electron chi connectivity index (χ4n) is 3.55. The highest BCUT2D eigenvalue weighted by Crippen LogP contribution is 2.23. The Morgan fingerprint density at radius 3 is 2.27 bits per heavy atom. The molecule has 0 spiro atoms. The Kier molecular flexibility index (Phi) is 7.46. The second-order valence-corrected chi connectivity index (χ2v) is 7.89. The van der Waals surface area contributed by atoms with E-state index in [0.29, 0.717) is 31.9 Å². The van der Waals surface area contributed by atoms with E-state index in [2.05, 4.69) is 17.0 Å². The molecule has 30 heavy (non-hydrogen) atoms. The number of hydrogen-bond donors (Lipinski definition) is 0. The molecule has 0 radical (unpaired) electrons. The van der Waals surface area contributed by atoms with E-state index in [1.54, 1.807) is 25.9 Å². The van der Waals surface area contributed by atoms with Crippen LogP contribution in [-0.2, 0) is 9.59 Å². The number of carbonyl (C=O) groups is 2. The van der Waals surface area contributed by atoms with Crippen molar-refractivity contribution in [2.75, 3.05) is 46.8 Å². The van der Waals surface area contributed by atoms with Gasteiger partial charge in [-0.05, 0) is 36.6 Å². The molecule has 1 unspecified atom stereocenters. The third-order valence-electron chi connectivity index (χ3n) is 5.38. The molecule has 1 saturated heterocycles. The fraction of sp³-hybridized carbons (Fsp3) is 0.417. The lowest BCUT2D eigenvalue weighted by Crippen LogP contribution is -2.43. The summed E-state index contributed by atoms with van der Waals surface area (Å²) in [6.45, 7) is 5.01. The number of carbonyl (C=O) groups excluding carboxylic acids is 2. The minimum Gasteiger partial charge on any atom is -0.481 e. The normalized spacial score (nSPS) is 15.9. The molecule has 1 aliphatic rings. The molecule has 0 bridgehead atoms. The lowest BCUT2D eigenvalue weighted by Gasteiger charge is -2.25. The van der Waals surface area contributed by atoms with Crippen LogP contribution in [0.25, 0.3) is 11.1 Å². The van der Waals surface area contributed by atoms with Crippen LogP contribution >= 0.6 is 0 Å².